The average Bonchev–Trinajstić information content (AvgIpc) is 2.61. The summed E-state index contributed by atoms with van der Waals surface area (Å²) < 4.78 is 0. The monoisotopic (exact) mass is 354 g/mol. The first-order chi connectivity index (χ1) is 12.0. The fourth-order valence-corrected chi connectivity index (χ4v) is 3.07. The second-order valence-electron chi connectivity index (χ2n) is 6.00. The zero-order valence-electron chi connectivity index (χ0n) is 14.1. The summed E-state index contributed by atoms with van der Waals surface area (Å²) in [6.07, 6.45) is 0.935. The van der Waals surface area contributed by atoms with Crippen molar-refractivity contribution in [1.29, 1.82) is 0 Å². The number of allylic oxidation sites excluding steroid dienone is 1. The third-order valence-corrected chi connectivity index (χ3v) is 4.59. The lowest BCUT2D eigenvalue weighted by Crippen LogP contribution is -2.45. The van der Waals surface area contributed by atoms with E-state index in [4.69, 9.17) is 11.6 Å². The number of halogens is 1. The van der Waals surface area contributed by atoms with Crippen LogP contribution in [0.5, 0.6) is 0 Å². The standard InChI is InChI=1S/C20H19ClN2O2/c1-3-13-4-6-14(7-5-13)18-17(12(2)22-20(25)23-18)19(24)15-8-10-16(21)11-9-15/h4-11,18H,3H2,1-2H3,(H2,22,23,25). The number of ketones is 1. The summed E-state index contributed by atoms with van der Waals surface area (Å²) in [6.45, 7) is 3.83. The van der Waals surface area contributed by atoms with Gasteiger partial charge in [-0.2, -0.15) is 0 Å². The van der Waals surface area contributed by atoms with Gasteiger partial charge in [-0.25, -0.2) is 4.79 Å². The van der Waals surface area contributed by atoms with Crippen molar-refractivity contribution in [3.8, 4) is 0 Å². The molecule has 0 saturated carbocycles. The maximum atomic E-state index is 13.0. The second kappa shape index (κ2) is 7.11. The zero-order chi connectivity index (χ0) is 18.0. The van der Waals surface area contributed by atoms with Gasteiger partial charge in [0.25, 0.3) is 0 Å². The molecule has 2 N–H and O–H groups in total. The molecule has 25 heavy (non-hydrogen) atoms. The Labute approximate surface area is 151 Å². The van der Waals surface area contributed by atoms with Gasteiger partial charge in [0.15, 0.2) is 5.78 Å². The molecule has 0 fully saturated rings. The molecule has 4 nitrogen and oxygen atoms in total. The third kappa shape index (κ3) is 3.59. The number of benzene rings is 2. The molecule has 1 unspecified atom stereocenters. The summed E-state index contributed by atoms with van der Waals surface area (Å²) >= 11 is 5.91. The second-order valence-corrected chi connectivity index (χ2v) is 6.44. The lowest BCUT2D eigenvalue weighted by Gasteiger charge is -2.28. The van der Waals surface area contributed by atoms with Crippen molar-refractivity contribution in [1.82, 2.24) is 10.6 Å². The lowest BCUT2D eigenvalue weighted by atomic mass is 9.89. The predicted octanol–water partition coefficient (Wildman–Crippen LogP) is 4.41. The van der Waals surface area contributed by atoms with E-state index >= 15 is 0 Å². The van der Waals surface area contributed by atoms with Crippen LogP contribution in [0.1, 0.15) is 41.4 Å². The van der Waals surface area contributed by atoms with Crippen LogP contribution in [-0.4, -0.2) is 11.8 Å². The molecule has 1 aliphatic rings. The number of hydrogen-bond acceptors (Lipinski definition) is 2. The quantitative estimate of drug-likeness (QED) is 0.799. The molecule has 2 amide bonds. The van der Waals surface area contributed by atoms with Gasteiger partial charge in [-0.15, -0.1) is 0 Å². The van der Waals surface area contributed by atoms with Gasteiger partial charge in [-0.05, 0) is 48.7 Å². The normalized spacial score (nSPS) is 17.1. The first-order valence-electron chi connectivity index (χ1n) is 8.17. The minimum absolute atomic E-state index is 0.133. The molecule has 0 bridgehead atoms. The summed E-state index contributed by atoms with van der Waals surface area (Å²) in [5.74, 6) is -0.133. The van der Waals surface area contributed by atoms with E-state index in [2.05, 4.69) is 17.6 Å². The average molecular weight is 355 g/mol. The van der Waals surface area contributed by atoms with Gasteiger partial charge in [0.1, 0.15) is 0 Å². The summed E-state index contributed by atoms with van der Waals surface area (Å²) in [5.41, 5.74) is 3.71. The Morgan fingerprint density at radius 2 is 1.72 bits per heavy atom. The van der Waals surface area contributed by atoms with Gasteiger partial charge in [0, 0.05) is 21.9 Å². The zero-order valence-corrected chi connectivity index (χ0v) is 14.9. The Balaban J connectivity index is 2.02. The van der Waals surface area contributed by atoms with Crippen molar-refractivity contribution in [3.63, 3.8) is 0 Å². The van der Waals surface area contributed by atoms with Crippen LogP contribution in [-0.2, 0) is 6.42 Å². The number of rotatable bonds is 4. The van der Waals surface area contributed by atoms with Crippen molar-refractivity contribution in [3.05, 3.63) is 81.5 Å². The highest BCUT2D eigenvalue weighted by atomic mass is 35.5. The Morgan fingerprint density at radius 1 is 1.08 bits per heavy atom. The summed E-state index contributed by atoms with van der Waals surface area (Å²) in [7, 11) is 0. The summed E-state index contributed by atoms with van der Waals surface area (Å²) in [4.78, 5) is 25.0. The molecular formula is C20H19ClN2O2. The molecule has 0 aliphatic carbocycles. The van der Waals surface area contributed by atoms with Crippen molar-refractivity contribution in [2.75, 3.05) is 0 Å². The maximum Gasteiger partial charge on any atom is 0.319 e. The number of aryl methyl sites for hydroxylation is 1. The molecule has 5 heteroatoms. The molecular weight excluding hydrogens is 336 g/mol. The van der Waals surface area contributed by atoms with Crippen LogP contribution >= 0.6 is 11.6 Å². The van der Waals surface area contributed by atoms with Crippen molar-refractivity contribution >= 4 is 23.4 Å². The largest absolute Gasteiger partial charge is 0.327 e. The van der Waals surface area contributed by atoms with E-state index in [1.165, 1.54) is 5.56 Å². The fourth-order valence-electron chi connectivity index (χ4n) is 2.95. The van der Waals surface area contributed by atoms with Gasteiger partial charge in [0.2, 0.25) is 0 Å². The molecule has 2 aromatic carbocycles. The van der Waals surface area contributed by atoms with Gasteiger partial charge in [-0.1, -0.05) is 42.8 Å². The van der Waals surface area contributed by atoms with E-state index in [0.29, 0.717) is 21.9 Å². The van der Waals surface area contributed by atoms with Crippen molar-refractivity contribution in [2.24, 2.45) is 0 Å². The molecule has 1 aliphatic heterocycles. The predicted molar refractivity (Wildman–Crippen MR) is 98.7 cm³/mol. The van der Waals surface area contributed by atoms with E-state index in [0.717, 1.165) is 12.0 Å². The number of nitrogens with one attached hydrogen (secondary N) is 2. The highest BCUT2D eigenvalue weighted by Gasteiger charge is 2.31. The Bertz CT molecular complexity index is 839. The van der Waals surface area contributed by atoms with Gasteiger partial charge >= 0.3 is 6.03 Å². The van der Waals surface area contributed by atoms with Crippen LogP contribution in [0.4, 0.5) is 4.79 Å². The molecule has 1 atom stereocenters. The number of carbonyl (C=O) groups is 2. The molecule has 2 aromatic rings. The summed E-state index contributed by atoms with van der Waals surface area (Å²) in [5, 5.41) is 6.13. The Kier molecular flexibility index (Phi) is 4.91. The van der Waals surface area contributed by atoms with E-state index in [1.54, 1.807) is 31.2 Å². The Morgan fingerprint density at radius 3 is 2.32 bits per heavy atom. The number of carbonyl (C=O) groups excluding carboxylic acids is 2. The molecule has 0 aromatic heterocycles. The van der Waals surface area contributed by atoms with E-state index in [-0.39, 0.29) is 11.8 Å². The van der Waals surface area contributed by atoms with E-state index < -0.39 is 6.04 Å². The van der Waals surface area contributed by atoms with Crippen LogP contribution in [0.25, 0.3) is 0 Å². The van der Waals surface area contributed by atoms with Crippen molar-refractivity contribution < 1.29 is 9.59 Å². The Hall–Kier alpha value is -2.59. The summed E-state index contributed by atoms with van der Waals surface area (Å²) in [6, 6.07) is 13.9. The number of amides is 2. The molecule has 1 heterocycles. The topological polar surface area (TPSA) is 58.2 Å². The van der Waals surface area contributed by atoms with Crippen LogP contribution in [0.2, 0.25) is 5.02 Å². The molecule has 0 spiro atoms. The highest BCUT2D eigenvalue weighted by molar-refractivity contribution is 6.30. The van der Waals surface area contributed by atoms with Gasteiger partial charge in [0.05, 0.1) is 6.04 Å². The number of Topliss-reactive ketones (excluding diaryl/α,β-unsaturated/α-hetero) is 1. The number of hydrogen-bond donors (Lipinski definition) is 2. The van der Waals surface area contributed by atoms with E-state index in [1.807, 2.05) is 24.3 Å². The third-order valence-electron chi connectivity index (χ3n) is 4.34. The van der Waals surface area contributed by atoms with E-state index in [9.17, 15) is 9.59 Å². The minimum Gasteiger partial charge on any atom is -0.327 e. The lowest BCUT2D eigenvalue weighted by molar-refractivity contribution is 0.102. The van der Waals surface area contributed by atoms with Crippen LogP contribution in [0.3, 0.4) is 0 Å². The molecule has 128 valence electrons. The highest BCUT2D eigenvalue weighted by Crippen LogP contribution is 2.30. The first kappa shape index (κ1) is 17.2. The minimum atomic E-state index is -0.483. The van der Waals surface area contributed by atoms with Crippen LogP contribution in [0, 0.1) is 0 Å². The first-order valence-corrected chi connectivity index (χ1v) is 8.54. The SMILES string of the molecule is CCc1ccc(C2NC(=O)NC(C)=C2C(=O)c2ccc(Cl)cc2)cc1. The van der Waals surface area contributed by atoms with Crippen LogP contribution in [0.15, 0.2) is 59.8 Å². The van der Waals surface area contributed by atoms with Gasteiger partial charge < -0.3 is 10.6 Å². The number of urea groups is 1. The maximum absolute atomic E-state index is 13.0. The van der Waals surface area contributed by atoms with Crippen LogP contribution < -0.4 is 10.6 Å². The molecule has 3 rings (SSSR count). The fraction of sp³-hybridized carbons (Fsp3) is 0.200. The smallest absolute Gasteiger partial charge is 0.319 e. The molecule has 0 saturated heterocycles. The van der Waals surface area contributed by atoms with Gasteiger partial charge in [-0.3, -0.25) is 4.79 Å². The van der Waals surface area contributed by atoms with Crippen molar-refractivity contribution in [2.45, 2.75) is 26.3 Å². The molecule has 0 radical (unpaired) electrons.